The average Bonchev–Trinajstić information content (AvgIpc) is 2.75. The van der Waals surface area contributed by atoms with Crippen LogP contribution in [0.15, 0.2) is 0 Å². The Hall–Kier alpha value is -0.120. The van der Waals surface area contributed by atoms with Crippen LogP contribution in [-0.2, 0) is 4.74 Å². The highest BCUT2D eigenvalue weighted by molar-refractivity contribution is 4.82. The lowest BCUT2D eigenvalue weighted by Gasteiger charge is -2.37. The van der Waals surface area contributed by atoms with Gasteiger partial charge in [-0.1, -0.05) is 6.92 Å². The fraction of sp³-hybridized carbons (Fsp3) is 1.00. The standard InChI is InChI=1S/C15H30N2O/c1-4-16-13(3)14-6-5-9-17(10-14)11-15-8-7-12(2)18-15/h12-16H,4-11H2,1-3H3. The molecule has 2 aliphatic heterocycles. The van der Waals surface area contributed by atoms with E-state index in [-0.39, 0.29) is 0 Å². The fourth-order valence-corrected chi connectivity index (χ4v) is 3.46. The van der Waals surface area contributed by atoms with E-state index in [1.807, 2.05) is 0 Å². The summed E-state index contributed by atoms with van der Waals surface area (Å²) in [6.07, 6.45) is 6.21. The minimum atomic E-state index is 0.483. The lowest BCUT2D eigenvalue weighted by molar-refractivity contribution is 0.0197. The Morgan fingerprint density at radius 1 is 1.33 bits per heavy atom. The van der Waals surface area contributed by atoms with E-state index in [2.05, 4.69) is 31.0 Å². The van der Waals surface area contributed by atoms with Gasteiger partial charge in [-0.25, -0.2) is 0 Å². The lowest BCUT2D eigenvalue weighted by Crippen LogP contribution is -2.46. The third-order valence-electron chi connectivity index (χ3n) is 4.56. The Labute approximate surface area is 112 Å². The summed E-state index contributed by atoms with van der Waals surface area (Å²) >= 11 is 0. The molecule has 1 N–H and O–H groups in total. The molecule has 3 nitrogen and oxygen atoms in total. The Kier molecular flexibility index (Phi) is 5.46. The number of ether oxygens (including phenoxy) is 1. The maximum absolute atomic E-state index is 5.95. The zero-order valence-corrected chi connectivity index (χ0v) is 12.3. The Morgan fingerprint density at radius 2 is 2.17 bits per heavy atom. The molecule has 0 saturated carbocycles. The molecule has 4 atom stereocenters. The summed E-state index contributed by atoms with van der Waals surface area (Å²) in [7, 11) is 0. The summed E-state index contributed by atoms with van der Waals surface area (Å²) < 4.78 is 5.95. The molecule has 0 bridgehead atoms. The molecule has 106 valence electrons. The van der Waals surface area contributed by atoms with Crippen molar-refractivity contribution in [3.8, 4) is 0 Å². The van der Waals surface area contributed by atoms with Crippen molar-refractivity contribution in [2.24, 2.45) is 5.92 Å². The largest absolute Gasteiger partial charge is 0.374 e. The molecule has 4 unspecified atom stereocenters. The first-order chi connectivity index (χ1) is 8.69. The summed E-state index contributed by atoms with van der Waals surface area (Å²) in [6, 6.07) is 0.654. The van der Waals surface area contributed by atoms with E-state index in [4.69, 9.17) is 4.74 Å². The van der Waals surface area contributed by atoms with E-state index < -0.39 is 0 Å². The quantitative estimate of drug-likeness (QED) is 0.814. The molecule has 0 aliphatic carbocycles. The van der Waals surface area contributed by atoms with Crippen LogP contribution in [0.25, 0.3) is 0 Å². The molecule has 0 aromatic heterocycles. The molecule has 18 heavy (non-hydrogen) atoms. The van der Waals surface area contributed by atoms with Crippen LogP contribution in [0.5, 0.6) is 0 Å². The Morgan fingerprint density at radius 3 is 2.83 bits per heavy atom. The van der Waals surface area contributed by atoms with Gasteiger partial charge in [0.2, 0.25) is 0 Å². The van der Waals surface area contributed by atoms with Crippen LogP contribution in [0.4, 0.5) is 0 Å². The normalized spacial score (nSPS) is 35.8. The molecule has 2 heterocycles. The van der Waals surface area contributed by atoms with Crippen molar-refractivity contribution >= 4 is 0 Å². The lowest BCUT2D eigenvalue weighted by atomic mass is 9.91. The third kappa shape index (κ3) is 3.94. The molecular formula is C15H30N2O. The first-order valence-corrected chi connectivity index (χ1v) is 7.80. The van der Waals surface area contributed by atoms with Gasteiger partial charge in [0, 0.05) is 19.1 Å². The van der Waals surface area contributed by atoms with E-state index in [1.54, 1.807) is 0 Å². The molecule has 0 aromatic rings. The second-order valence-electron chi connectivity index (χ2n) is 6.15. The van der Waals surface area contributed by atoms with E-state index in [1.165, 1.54) is 38.8 Å². The number of nitrogens with one attached hydrogen (secondary N) is 1. The summed E-state index contributed by atoms with van der Waals surface area (Å²) in [6.45, 7) is 11.5. The van der Waals surface area contributed by atoms with E-state index in [0.717, 1.165) is 19.0 Å². The number of nitrogens with zero attached hydrogens (tertiary/aromatic N) is 1. The fourth-order valence-electron chi connectivity index (χ4n) is 3.46. The van der Waals surface area contributed by atoms with Crippen molar-refractivity contribution in [3.63, 3.8) is 0 Å². The summed E-state index contributed by atoms with van der Waals surface area (Å²) in [5.41, 5.74) is 0. The molecule has 2 saturated heterocycles. The highest BCUT2D eigenvalue weighted by Crippen LogP contribution is 2.24. The Bertz CT molecular complexity index is 247. The smallest absolute Gasteiger partial charge is 0.0706 e. The van der Waals surface area contributed by atoms with E-state index >= 15 is 0 Å². The van der Waals surface area contributed by atoms with Crippen molar-refractivity contribution in [2.45, 2.75) is 64.7 Å². The molecule has 2 fully saturated rings. The van der Waals surface area contributed by atoms with Crippen molar-refractivity contribution in [2.75, 3.05) is 26.2 Å². The highest BCUT2D eigenvalue weighted by Gasteiger charge is 2.28. The van der Waals surface area contributed by atoms with Gasteiger partial charge in [0.15, 0.2) is 0 Å². The minimum absolute atomic E-state index is 0.483. The maximum atomic E-state index is 5.95. The van der Waals surface area contributed by atoms with Crippen molar-refractivity contribution in [3.05, 3.63) is 0 Å². The number of piperidine rings is 1. The van der Waals surface area contributed by atoms with Gasteiger partial charge in [-0.3, -0.25) is 0 Å². The van der Waals surface area contributed by atoms with Crippen LogP contribution >= 0.6 is 0 Å². The highest BCUT2D eigenvalue weighted by atomic mass is 16.5. The van der Waals surface area contributed by atoms with Gasteiger partial charge in [0.25, 0.3) is 0 Å². The molecule has 3 heteroatoms. The third-order valence-corrected chi connectivity index (χ3v) is 4.56. The zero-order valence-electron chi connectivity index (χ0n) is 12.3. The maximum Gasteiger partial charge on any atom is 0.0706 e. The zero-order chi connectivity index (χ0) is 13.0. The first kappa shape index (κ1) is 14.3. The van der Waals surface area contributed by atoms with E-state index in [9.17, 15) is 0 Å². The number of likely N-dealkylation sites (tertiary alicyclic amines) is 1. The first-order valence-electron chi connectivity index (χ1n) is 7.80. The van der Waals surface area contributed by atoms with Crippen molar-refractivity contribution in [1.29, 1.82) is 0 Å². The van der Waals surface area contributed by atoms with Gasteiger partial charge in [-0.05, 0) is 58.5 Å². The van der Waals surface area contributed by atoms with Gasteiger partial charge >= 0.3 is 0 Å². The van der Waals surface area contributed by atoms with Crippen LogP contribution in [0.2, 0.25) is 0 Å². The van der Waals surface area contributed by atoms with Crippen LogP contribution in [0.1, 0.15) is 46.5 Å². The van der Waals surface area contributed by atoms with Crippen LogP contribution in [0, 0.1) is 5.92 Å². The predicted octanol–water partition coefficient (Wildman–Crippen LogP) is 2.26. The monoisotopic (exact) mass is 254 g/mol. The summed E-state index contributed by atoms with van der Waals surface area (Å²) in [4.78, 5) is 2.63. The molecule has 0 amide bonds. The van der Waals surface area contributed by atoms with Gasteiger partial charge in [-0.2, -0.15) is 0 Å². The summed E-state index contributed by atoms with van der Waals surface area (Å²) in [5, 5.41) is 3.58. The Balaban J connectivity index is 1.76. The second-order valence-corrected chi connectivity index (χ2v) is 6.15. The average molecular weight is 254 g/mol. The van der Waals surface area contributed by atoms with Crippen LogP contribution in [-0.4, -0.2) is 49.3 Å². The molecule has 2 rings (SSSR count). The van der Waals surface area contributed by atoms with Gasteiger partial charge in [-0.15, -0.1) is 0 Å². The van der Waals surface area contributed by atoms with Crippen molar-refractivity contribution in [1.82, 2.24) is 10.2 Å². The minimum Gasteiger partial charge on any atom is -0.374 e. The number of hydrogen-bond acceptors (Lipinski definition) is 3. The van der Waals surface area contributed by atoms with Gasteiger partial charge in [0.05, 0.1) is 12.2 Å². The molecule has 0 radical (unpaired) electrons. The molecule has 2 aliphatic rings. The molecule has 0 spiro atoms. The van der Waals surface area contributed by atoms with Gasteiger partial charge < -0.3 is 15.0 Å². The second kappa shape index (κ2) is 6.88. The van der Waals surface area contributed by atoms with Gasteiger partial charge in [0.1, 0.15) is 0 Å². The molecule has 0 aromatic carbocycles. The topological polar surface area (TPSA) is 24.5 Å². The van der Waals surface area contributed by atoms with E-state index in [0.29, 0.717) is 18.2 Å². The van der Waals surface area contributed by atoms with Crippen LogP contribution < -0.4 is 5.32 Å². The van der Waals surface area contributed by atoms with Crippen molar-refractivity contribution < 1.29 is 4.74 Å². The predicted molar refractivity (Wildman–Crippen MR) is 75.9 cm³/mol. The SMILES string of the molecule is CCNC(C)C1CCCN(CC2CCC(C)O2)C1. The van der Waals surface area contributed by atoms with Crippen LogP contribution in [0.3, 0.4) is 0 Å². The number of rotatable bonds is 5. The summed E-state index contributed by atoms with van der Waals surface area (Å²) in [5.74, 6) is 0.817. The molecular weight excluding hydrogens is 224 g/mol. The number of hydrogen-bond donors (Lipinski definition) is 1.